The first-order valence-electron chi connectivity index (χ1n) is 38.4. The van der Waals surface area contributed by atoms with E-state index in [1.807, 2.05) is 0 Å². The maximum absolute atomic E-state index is 13.0. The standard InChI is InChI=1S/C83H136O16P2/c1-4-7-10-13-16-19-22-25-28-31-34-36-37-38-39-41-44-45-48-51-54-57-60-63-66-69-81(86)93-72-78(84)73-95-100(89,90)96-74-79(85)75-97-101(91,92)98-77-80(99-83(88)71-68-65-62-59-56-53-50-47-42-33-30-27-24-21-18-15-12-9-6-3)76-94-82(87)70-67-64-61-58-55-52-49-46-43-40-35-32-29-26-23-20-17-14-11-8-5-2/h7-12,16-21,25-30,34-36,38-40,42,46-47,49,78-80,84-85H,4-6,13-15,22-24,31-33,37,41,43-45,48,50-77H2,1-3H3,(H,89,90)(H,91,92)/b10-7-,11-8-,12-9-,19-16-,20-17-,21-18-,28-25-,29-26-,30-27-,36-34-,39-38-,40-35-,47-42-,49-46-. The lowest BCUT2D eigenvalue weighted by Crippen LogP contribution is -2.30. The van der Waals surface area contributed by atoms with Gasteiger partial charge in [0.05, 0.1) is 26.4 Å². The van der Waals surface area contributed by atoms with Crippen molar-refractivity contribution in [2.24, 2.45) is 0 Å². The molecule has 0 saturated carbocycles. The molecule has 0 rings (SSSR count). The average molecular weight is 1450 g/mol. The summed E-state index contributed by atoms with van der Waals surface area (Å²) in [5.74, 6) is -1.63. The van der Waals surface area contributed by atoms with Gasteiger partial charge in [0.15, 0.2) is 6.10 Å². The van der Waals surface area contributed by atoms with Gasteiger partial charge in [0.1, 0.15) is 25.4 Å². The van der Waals surface area contributed by atoms with E-state index in [9.17, 15) is 43.5 Å². The van der Waals surface area contributed by atoms with E-state index in [0.717, 1.165) is 193 Å². The maximum Gasteiger partial charge on any atom is 0.472 e. The van der Waals surface area contributed by atoms with Crippen LogP contribution in [0.1, 0.15) is 278 Å². The Kier molecular flexibility index (Phi) is 70.9. The van der Waals surface area contributed by atoms with Gasteiger partial charge in [0.25, 0.3) is 0 Å². The highest BCUT2D eigenvalue weighted by atomic mass is 31.2. The van der Waals surface area contributed by atoms with Crippen LogP contribution in [0.15, 0.2) is 170 Å². The number of allylic oxidation sites excluding steroid dienone is 28. The topological polar surface area (TPSA) is 231 Å². The van der Waals surface area contributed by atoms with Crippen molar-refractivity contribution in [1.29, 1.82) is 0 Å². The Morgan fingerprint density at radius 1 is 0.277 bits per heavy atom. The number of hydrogen-bond acceptors (Lipinski definition) is 14. The molecule has 0 radical (unpaired) electrons. The smallest absolute Gasteiger partial charge is 0.463 e. The van der Waals surface area contributed by atoms with Gasteiger partial charge in [-0.05, 0) is 148 Å². The van der Waals surface area contributed by atoms with E-state index >= 15 is 0 Å². The van der Waals surface area contributed by atoms with Crippen LogP contribution in [-0.2, 0) is 55.8 Å². The summed E-state index contributed by atoms with van der Waals surface area (Å²) < 4.78 is 61.1. The summed E-state index contributed by atoms with van der Waals surface area (Å²) >= 11 is 0. The molecule has 101 heavy (non-hydrogen) atoms. The monoisotopic (exact) mass is 1450 g/mol. The molecule has 0 saturated heterocycles. The van der Waals surface area contributed by atoms with Gasteiger partial charge in [0.2, 0.25) is 0 Å². The van der Waals surface area contributed by atoms with Crippen LogP contribution in [0.25, 0.3) is 0 Å². The highest BCUT2D eigenvalue weighted by Gasteiger charge is 2.29. The molecule has 18 heteroatoms. The van der Waals surface area contributed by atoms with Crippen molar-refractivity contribution in [3.63, 3.8) is 0 Å². The summed E-state index contributed by atoms with van der Waals surface area (Å²) in [6.45, 7) is 2.28. The lowest BCUT2D eigenvalue weighted by Gasteiger charge is -2.21. The van der Waals surface area contributed by atoms with Crippen LogP contribution in [0.4, 0.5) is 0 Å². The third kappa shape index (κ3) is 75.9. The van der Waals surface area contributed by atoms with Crippen LogP contribution >= 0.6 is 15.6 Å². The molecule has 0 aromatic carbocycles. The molecule has 4 N–H and O–H groups in total. The highest BCUT2D eigenvalue weighted by molar-refractivity contribution is 7.47. The predicted octanol–water partition coefficient (Wildman–Crippen LogP) is 22.4. The minimum absolute atomic E-state index is 0.0772. The summed E-state index contributed by atoms with van der Waals surface area (Å²) in [5, 5.41) is 20.6. The third-order valence-corrected chi connectivity index (χ3v) is 17.3. The normalized spacial score (nSPS) is 15.0. The summed E-state index contributed by atoms with van der Waals surface area (Å²) in [7, 11) is -9.81. The number of phosphoric ester groups is 2. The fourth-order valence-corrected chi connectivity index (χ4v) is 11.3. The molecular formula is C83H136O16P2. The van der Waals surface area contributed by atoms with Gasteiger partial charge in [0, 0.05) is 19.3 Å². The lowest BCUT2D eigenvalue weighted by atomic mass is 10.1. The minimum atomic E-state index is -4.95. The molecule has 0 aliphatic rings. The Morgan fingerprint density at radius 2 is 0.495 bits per heavy atom. The molecule has 5 atom stereocenters. The van der Waals surface area contributed by atoms with Crippen LogP contribution in [-0.4, -0.2) is 95.9 Å². The van der Waals surface area contributed by atoms with E-state index in [0.29, 0.717) is 19.3 Å². The highest BCUT2D eigenvalue weighted by Crippen LogP contribution is 2.45. The average Bonchev–Trinajstić information content (AvgIpc) is 0.990. The van der Waals surface area contributed by atoms with E-state index in [1.165, 1.54) is 25.7 Å². The van der Waals surface area contributed by atoms with Crippen LogP contribution in [0.3, 0.4) is 0 Å². The molecule has 0 spiro atoms. The van der Waals surface area contributed by atoms with Gasteiger partial charge < -0.3 is 34.2 Å². The second kappa shape index (κ2) is 74.6. The summed E-state index contributed by atoms with van der Waals surface area (Å²) in [6.07, 6.45) is 93.8. The largest absolute Gasteiger partial charge is 0.472 e. The molecule has 5 unspecified atom stereocenters. The molecule has 0 aromatic heterocycles. The molecule has 0 aliphatic carbocycles. The zero-order valence-corrected chi connectivity index (χ0v) is 64.3. The van der Waals surface area contributed by atoms with Gasteiger partial charge in [-0.3, -0.25) is 32.5 Å². The molecule has 0 aromatic rings. The maximum atomic E-state index is 13.0. The molecule has 0 heterocycles. The van der Waals surface area contributed by atoms with E-state index in [-0.39, 0.29) is 19.3 Å². The minimum Gasteiger partial charge on any atom is -0.463 e. The van der Waals surface area contributed by atoms with Crippen LogP contribution in [0, 0.1) is 0 Å². The third-order valence-electron chi connectivity index (χ3n) is 15.4. The van der Waals surface area contributed by atoms with Gasteiger partial charge in [-0.25, -0.2) is 9.13 Å². The number of ether oxygens (including phenoxy) is 3. The van der Waals surface area contributed by atoms with Crippen molar-refractivity contribution in [2.75, 3.05) is 39.6 Å². The van der Waals surface area contributed by atoms with Crippen molar-refractivity contribution in [1.82, 2.24) is 0 Å². The molecule has 0 fully saturated rings. The molecule has 0 amide bonds. The van der Waals surface area contributed by atoms with Crippen LogP contribution in [0.2, 0.25) is 0 Å². The SMILES string of the molecule is CC/C=C\C/C=C\C/C=C\C/C=C\C/C=C\CCCCCCCCCCCC(=O)OCC(O)COP(=O)(O)OCC(O)COP(=O)(O)OCC(COC(=O)CCCCCCC/C=C\C/C=C\C/C=C\C/C=C\C/C=C\CC)OC(=O)CCCCCCCC/C=C\C/C=C\C/C=C\C/C=C\CC. The van der Waals surface area contributed by atoms with Gasteiger partial charge in [-0.2, -0.15) is 0 Å². The summed E-state index contributed by atoms with van der Waals surface area (Å²) in [4.78, 5) is 58.7. The molecule has 16 nitrogen and oxygen atoms in total. The predicted molar refractivity (Wildman–Crippen MR) is 417 cm³/mol. The number of aliphatic hydroxyl groups excluding tert-OH is 2. The first-order valence-corrected chi connectivity index (χ1v) is 41.4. The summed E-state index contributed by atoms with van der Waals surface area (Å²) in [6, 6.07) is 0. The Morgan fingerprint density at radius 3 is 0.782 bits per heavy atom. The number of esters is 3. The molecule has 0 bridgehead atoms. The first-order chi connectivity index (χ1) is 49.2. The van der Waals surface area contributed by atoms with E-state index in [2.05, 4.69) is 191 Å². The fraction of sp³-hybridized carbons (Fsp3) is 0.627. The van der Waals surface area contributed by atoms with Crippen LogP contribution < -0.4 is 0 Å². The Bertz CT molecular complexity index is 2520. The van der Waals surface area contributed by atoms with E-state index in [4.69, 9.17) is 32.3 Å². The molecular weight excluding hydrogens is 1310 g/mol. The van der Waals surface area contributed by atoms with E-state index < -0.39 is 91.5 Å². The van der Waals surface area contributed by atoms with Gasteiger partial charge >= 0.3 is 33.6 Å². The number of unbranched alkanes of at least 4 members (excludes halogenated alkanes) is 20. The first kappa shape index (κ1) is 95.9. The van der Waals surface area contributed by atoms with Crippen molar-refractivity contribution in [3.05, 3.63) is 170 Å². The van der Waals surface area contributed by atoms with Crippen LogP contribution in [0.5, 0.6) is 0 Å². The number of rotatable bonds is 71. The van der Waals surface area contributed by atoms with Crippen molar-refractivity contribution in [2.45, 2.75) is 296 Å². The number of phosphoric acid groups is 2. The van der Waals surface area contributed by atoms with Crippen molar-refractivity contribution >= 4 is 33.6 Å². The Hall–Kier alpha value is -5.09. The summed E-state index contributed by atoms with van der Waals surface area (Å²) in [5.41, 5.74) is 0. The van der Waals surface area contributed by atoms with Gasteiger partial charge in [-0.15, -0.1) is 0 Å². The lowest BCUT2D eigenvalue weighted by molar-refractivity contribution is -0.161. The zero-order valence-electron chi connectivity index (χ0n) is 62.5. The fourth-order valence-electron chi connectivity index (χ4n) is 9.67. The van der Waals surface area contributed by atoms with E-state index in [1.54, 1.807) is 0 Å². The number of aliphatic hydroxyl groups is 2. The zero-order chi connectivity index (χ0) is 73.7. The second-order valence-corrected chi connectivity index (χ2v) is 27.9. The van der Waals surface area contributed by atoms with Crippen molar-refractivity contribution in [3.8, 4) is 0 Å². The van der Waals surface area contributed by atoms with Crippen molar-refractivity contribution < 1.29 is 75.8 Å². The molecule has 574 valence electrons. The molecule has 0 aliphatic heterocycles. The Labute approximate surface area is 612 Å². The Balaban J connectivity index is 4.70. The number of hydrogen-bond donors (Lipinski definition) is 4. The number of carbonyl (C=O) groups excluding carboxylic acids is 3. The quantitative estimate of drug-likeness (QED) is 0.0146. The van der Waals surface area contributed by atoms with Gasteiger partial charge in [-0.1, -0.05) is 281 Å². The second-order valence-electron chi connectivity index (χ2n) is 25.0. The number of carbonyl (C=O) groups is 3.